The molecule has 0 unspecified atom stereocenters. The number of para-hydroxylation sites is 1. The third-order valence-electron chi connectivity index (χ3n) is 3.29. The molecular formula is C16H15FN4O. The number of nitrogens with zero attached hydrogens (tertiary/aromatic N) is 2. The van der Waals surface area contributed by atoms with E-state index in [0.29, 0.717) is 22.4 Å². The van der Waals surface area contributed by atoms with Crippen LogP contribution < -0.4 is 16.7 Å². The summed E-state index contributed by atoms with van der Waals surface area (Å²) in [7, 11) is 0. The van der Waals surface area contributed by atoms with Crippen molar-refractivity contribution in [3.63, 3.8) is 0 Å². The second-order valence-corrected chi connectivity index (χ2v) is 5.04. The Kier molecular flexibility index (Phi) is 3.60. The van der Waals surface area contributed by atoms with E-state index in [9.17, 15) is 9.18 Å². The van der Waals surface area contributed by atoms with E-state index >= 15 is 0 Å². The van der Waals surface area contributed by atoms with Crippen molar-refractivity contribution in [2.45, 2.75) is 13.0 Å². The van der Waals surface area contributed by atoms with Crippen molar-refractivity contribution in [1.82, 2.24) is 9.66 Å². The molecule has 5 nitrogen and oxygen atoms in total. The van der Waals surface area contributed by atoms with Crippen molar-refractivity contribution in [1.29, 1.82) is 0 Å². The van der Waals surface area contributed by atoms with Gasteiger partial charge in [0.15, 0.2) is 0 Å². The number of aromatic nitrogens is 2. The van der Waals surface area contributed by atoms with Gasteiger partial charge >= 0.3 is 0 Å². The molecule has 0 saturated carbocycles. The third kappa shape index (κ3) is 2.56. The molecule has 1 heterocycles. The highest BCUT2D eigenvalue weighted by Crippen LogP contribution is 2.14. The predicted octanol–water partition coefficient (Wildman–Crippen LogP) is 2.43. The molecule has 0 fully saturated rings. The Hall–Kier alpha value is -2.73. The van der Waals surface area contributed by atoms with Crippen LogP contribution in [0.25, 0.3) is 10.9 Å². The van der Waals surface area contributed by atoms with Crippen molar-refractivity contribution in [2.75, 3.05) is 5.43 Å². The van der Waals surface area contributed by atoms with Crippen LogP contribution >= 0.6 is 0 Å². The molecule has 2 aromatic carbocycles. The first-order valence-corrected chi connectivity index (χ1v) is 6.86. The van der Waals surface area contributed by atoms with Crippen LogP contribution in [0.1, 0.15) is 18.8 Å². The second-order valence-electron chi connectivity index (χ2n) is 5.04. The SMILES string of the molecule is C[C@H](N)c1nc2ccccc2c(=O)n1Nc1ccc(F)cc1. The zero-order valence-corrected chi connectivity index (χ0v) is 12.0. The Morgan fingerprint density at radius 2 is 1.86 bits per heavy atom. The van der Waals surface area contributed by atoms with Crippen LogP contribution in [0.3, 0.4) is 0 Å². The minimum Gasteiger partial charge on any atom is -0.322 e. The second kappa shape index (κ2) is 5.57. The number of rotatable bonds is 3. The zero-order chi connectivity index (χ0) is 15.7. The van der Waals surface area contributed by atoms with Crippen LogP contribution in [0.2, 0.25) is 0 Å². The van der Waals surface area contributed by atoms with Crippen LogP contribution in [-0.2, 0) is 0 Å². The van der Waals surface area contributed by atoms with Crippen molar-refractivity contribution < 1.29 is 4.39 Å². The van der Waals surface area contributed by atoms with Crippen LogP contribution in [0.5, 0.6) is 0 Å². The standard InChI is InChI=1S/C16H15FN4O/c1-10(18)15-19-14-5-3-2-4-13(14)16(22)21(15)20-12-8-6-11(17)7-9-12/h2-10,20H,18H2,1H3/t10-/m0/s1. The van der Waals surface area contributed by atoms with Gasteiger partial charge in [-0.25, -0.2) is 14.1 Å². The highest BCUT2D eigenvalue weighted by molar-refractivity contribution is 5.77. The maximum Gasteiger partial charge on any atom is 0.280 e. The lowest BCUT2D eigenvalue weighted by Crippen LogP contribution is -2.33. The van der Waals surface area contributed by atoms with E-state index in [1.807, 2.05) is 6.07 Å². The quantitative estimate of drug-likeness (QED) is 0.779. The molecule has 0 spiro atoms. The average Bonchev–Trinajstić information content (AvgIpc) is 2.51. The largest absolute Gasteiger partial charge is 0.322 e. The van der Waals surface area contributed by atoms with E-state index in [2.05, 4.69) is 10.4 Å². The summed E-state index contributed by atoms with van der Waals surface area (Å²) in [4.78, 5) is 17.1. The van der Waals surface area contributed by atoms with Gasteiger partial charge in [-0.1, -0.05) is 12.1 Å². The van der Waals surface area contributed by atoms with Crippen LogP contribution in [-0.4, -0.2) is 9.66 Å². The normalized spacial score (nSPS) is 12.3. The number of halogens is 1. The number of benzene rings is 2. The van der Waals surface area contributed by atoms with Gasteiger partial charge in [0.05, 0.1) is 22.6 Å². The predicted molar refractivity (Wildman–Crippen MR) is 84.0 cm³/mol. The molecule has 0 aliphatic rings. The molecule has 112 valence electrons. The fourth-order valence-electron chi connectivity index (χ4n) is 2.22. The lowest BCUT2D eigenvalue weighted by atomic mass is 10.2. The van der Waals surface area contributed by atoms with Gasteiger partial charge in [0.2, 0.25) is 0 Å². The molecule has 0 bridgehead atoms. The molecule has 1 aromatic heterocycles. The Morgan fingerprint density at radius 1 is 1.18 bits per heavy atom. The molecule has 3 aromatic rings. The summed E-state index contributed by atoms with van der Waals surface area (Å²) < 4.78 is 14.3. The minimum atomic E-state index is -0.440. The zero-order valence-electron chi connectivity index (χ0n) is 12.0. The summed E-state index contributed by atoms with van der Waals surface area (Å²) in [6.45, 7) is 1.75. The molecule has 0 saturated heterocycles. The number of nitrogens with two attached hydrogens (primary N) is 1. The molecule has 0 radical (unpaired) electrons. The average molecular weight is 298 g/mol. The lowest BCUT2D eigenvalue weighted by molar-refractivity contribution is 0.627. The Labute approximate surface area is 126 Å². The van der Waals surface area contributed by atoms with Gasteiger partial charge in [0.1, 0.15) is 11.6 Å². The molecule has 0 aliphatic heterocycles. The van der Waals surface area contributed by atoms with Gasteiger partial charge < -0.3 is 5.73 Å². The van der Waals surface area contributed by atoms with Crippen molar-refractivity contribution in [3.8, 4) is 0 Å². The number of anilines is 1. The molecule has 3 N–H and O–H groups in total. The van der Waals surface area contributed by atoms with E-state index in [-0.39, 0.29) is 11.4 Å². The van der Waals surface area contributed by atoms with Gasteiger partial charge in [-0.2, -0.15) is 0 Å². The number of hydrogen-bond acceptors (Lipinski definition) is 4. The third-order valence-corrected chi connectivity index (χ3v) is 3.29. The Bertz CT molecular complexity index is 871. The van der Waals surface area contributed by atoms with Gasteiger partial charge in [-0.15, -0.1) is 0 Å². The van der Waals surface area contributed by atoms with Crippen molar-refractivity contribution in [3.05, 3.63) is 70.5 Å². The Balaban J connectivity index is 2.18. The highest BCUT2D eigenvalue weighted by Gasteiger charge is 2.14. The first kappa shape index (κ1) is 14.2. The number of nitrogens with one attached hydrogen (secondary N) is 1. The smallest absolute Gasteiger partial charge is 0.280 e. The lowest BCUT2D eigenvalue weighted by Gasteiger charge is -2.17. The summed E-state index contributed by atoms with van der Waals surface area (Å²) in [5.74, 6) is 0.0648. The molecular weight excluding hydrogens is 283 g/mol. The first-order chi connectivity index (χ1) is 10.6. The Morgan fingerprint density at radius 3 is 2.55 bits per heavy atom. The maximum atomic E-state index is 13.0. The summed E-state index contributed by atoms with van der Waals surface area (Å²) >= 11 is 0. The van der Waals surface area contributed by atoms with E-state index in [1.165, 1.54) is 16.8 Å². The molecule has 22 heavy (non-hydrogen) atoms. The maximum absolute atomic E-state index is 13.0. The summed E-state index contributed by atoms with van der Waals surface area (Å²) in [5.41, 5.74) is 9.78. The molecule has 1 atom stereocenters. The molecule has 0 aliphatic carbocycles. The van der Waals surface area contributed by atoms with Crippen molar-refractivity contribution >= 4 is 16.6 Å². The molecule has 0 amide bonds. The summed E-state index contributed by atoms with van der Waals surface area (Å²) in [6, 6.07) is 12.3. The number of fused-ring (bicyclic) bond motifs is 1. The first-order valence-electron chi connectivity index (χ1n) is 6.86. The van der Waals surface area contributed by atoms with Gasteiger partial charge in [-0.3, -0.25) is 10.2 Å². The topological polar surface area (TPSA) is 72.9 Å². The van der Waals surface area contributed by atoms with E-state index < -0.39 is 6.04 Å². The monoisotopic (exact) mass is 298 g/mol. The molecule has 3 rings (SSSR count). The number of hydrogen-bond donors (Lipinski definition) is 2. The van der Waals surface area contributed by atoms with Gasteiger partial charge in [-0.05, 0) is 43.3 Å². The van der Waals surface area contributed by atoms with E-state index in [4.69, 9.17) is 5.73 Å². The van der Waals surface area contributed by atoms with E-state index in [1.54, 1.807) is 37.3 Å². The van der Waals surface area contributed by atoms with Gasteiger partial charge in [0.25, 0.3) is 5.56 Å². The van der Waals surface area contributed by atoms with Crippen LogP contribution in [0, 0.1) is 5.82 Å². The van der Waals surface area contributed by atoms with Crippen LogP contribution in [0.4, 0.5) is 10.1 Å². The summed E-state index contributed by atoms with van der Waals surface area (Å²) in [6.07, 6.45) is 0. The fraction of sp³-hybridized carbons (Fsp3) is 0.125. The minimum absolute atomic E-state index is 0.248. The fourth-order valence-corrected chi connectivity index (χ4v) is 2.22. The summed E-state index contributed by atoms with van der Waals surface area (Å²) in [5, 5.41) is 0.488. The molecule has 6 heteroatoms. The van der Waals surface area contributed by atoms with Gasteiger partial charge in [0, 0.05) is 0 Å². The van der Waals surface area contributed by atoms with Crippen LogP contribution in [0.15, 0.2) is 53.3 Å². The van der Waals surface area contributed by atoms with Crippen molar-refractivity contribution in [2.24, 2.45) is 5.73 Å². The van der Waals surface area contributed by atoms with E-state index in [0.717, 1.165) is 0 Å². The highest BCUT2D eigenvalue weighted by atomic mass is 19.1.